The van der Waals surface area contributed by atoms with Gasteiger partial charge in [-0.1, -0.05) is 36.5 Å². The molecule has 25 heteroatoms. The van der Waals surface area contributed by atoms with Gasteiger partial charge in [0.1, 0.15) is 41.9 Å². The minimum absolute atomic E-state index is 0.0479. The minimum atomic E-state index is -5.88. The molecule has 0 radical (unpaired) electrons. The summed E-state index contributed by atoms with van der Waals surface area (Å²) in [6, 6.07) is 8.77. The highest BCUT2D eigenvalue weighted by molar-refractivity contribution is 7.99. The van der Waals surface area contributed by atoms with Gasteiger partial charge in [-0.15, -0.1) is 0 Å². The molecule has 1 aliphatic rings. The maximum atomic E-state index is 15.5. The highest BCUT2D eigenvalue weighted by Crippen LogP contribution is 2.48. The van der Waals surface area contributed by atoms with Gasteiger partial charge in [0.05, 0.1) is 44.3 Å². The van der Waals surface area contributed by atoms with Crippen LogP contribution >= 0.6 is 23.5 Å². The number of halogens is 12. The number of carbonyl (C=O) groups is 1. The van der Waals surface area contributed by atoms with E-state index >= 15 is 13.6 Å². The number of hydrogen-bond donors (Lipinski definition) is 2. The SMILES string of the molecule is CSNc1nn(C)c2c(-n3c(C(Cc4cc(F)cc(F)c4)NC(=O)Cn4nc(C(F)F)c5c4C(F)(F)C(C)C5)nc4cc(-c5cc(C)n(CC(F)(F)C(F)(F)F)n5)ccc4c3=O)ccc(Cl)c12. The molecule has 0 saturated heterocycles. The Labute approximate surface area is 380 Å². The van der Waals surface area contributed by atoms with E-state index in [2.05, 4.69) is 25.3 Å². The van der Waals surface area contributed by atoms with Gasteiger partial charge in [-0.3, -0.25) is 28.2 Å². The van der Waals surface area contributed by atoms with Crippen LogP contribution in [0.2, 0.25) is 5.02 Å². The first-order valence-electron chi connectivity index (χ1n) is 19.9. The van der Waals surface area contributed by atoms with Crippen molar-refractivity contribution in [3.63, 3.8) is 0 Å². The molecule has 0 spiro atoms. The van der Waals surface area contributed by atoms with E-state index in [1.54, 1.807) is 6.26 Å². The van der Waals surface area contributed by atoms with Gasteiger partial charge in [0.2, 0.25) is 5.91 Å². The monoisotopic (exact) mass is 986 g/mol. The number of aryl methyl sites for hydroxylation is 2. The predicted molar refractivity (Wildman–Crippen MR) is 226 cm³/mol. The fourth-order valence-electron chi connectivity index (χ4n) is 8.22. The summed E-state index contributed by atoms with van der Waals surface area (Å²) < 4.78 is 163. The van der Waals surface area contributed by atoms with Gasteiger partial charge in [-0.05, 0) is 61.4 Å². The van der Waals surface area contributed by atoms with E-state index < -0.39 is 102 Å². The van der Waals surface area contributed by atoms with E-state index in [0.29, 0.717) is 20.8 Å². The van der Waals surface area contributed by atoms with Crippen LogP contribution in [0.4, 0.5) is 54.1 Å². The summed E-state index contributed by atoms with van der Waals surface area (Å²) in [4.78, 5) is 34.0. The Morgan fingerprint density at radius 3 is 2.34 bits per heavy atom. The second-order valence-corrected chi connectivity index (χ2v) is 17.0. The molecule has 0 aliphatic heterocycles. The van der Waals surface area contributed by atoms with Gasteiger partial charge in [0, 0.05) is 48.5 Å². The number of alkyl halides is 9. The van der Waals surface area contributed by atoms with E-state index in [-0.39, 0.29) is 61.3 Å². The third-order valence-electron chi connectivity index (χ3n) is 11.3. The van der Waals surface area contributed by atoms with Crippen molar-refractivity contribution in [3.05, 3.63) is 116 Å². The Morgan fingerprint density at radius 2 is 1.69 bits per heavy atom. The third-order valence-corrected chi connectivity index (χ3v) is 12.0. The van der Waals surface area contributed by atoms with Crippen molar-refractivity contribution >= 4 is 57.1 Å². The first kappa shape index (κ1) is 47.3. The lowest BCUT2D eigenvalue weighted by Gasteiger charge is -2.24. The van der Waals surface area contributed by atoms with E-state index in [1.165, 1.54) is 67.0 Å². The molecule has 3 aromatic carbocycles. The van der Waals surface area contributed by atoms with Crippen LogP contribution in [0.1, 0.15) is 53.4 Å². The number of hydrogen-bond acceptors (Lipinski definition) is 8. The zero-order valence-corrected chi connectivity index (χ0v) is 36.7. The Balaban J connectivity index is 1.34. The van der Waals surface area contributed by atoms with Crippen molar-refractivity contribution in [2.75, 3.05) is 11.0 Å². The Kier molecular flexibility index (Phi) is 12.1. The highest BCUT2D eigenvalue weighted by atomic mass is 35.5. The van der Waals surface area contributed by atoms with Crippen molar-refractivity contribution < 1.29 is 53.1 Å². The molecule has 1 amide bonds. The van der Waals surface area contributed by atoms with Gasteiger partial charge in [-0.2, -0.15) is 46.0 Å². The summed E-state index contributed by atoms with van der Waals surface area (Å²) in [5.74, 6) is -13.5. The fourth-order valence-corrected chi connectivity index (χ4v) is 8.80. The number of amides is 1. The molecule has 0 fully saturated rings. The molecule has 8 rings (SSSR count). The number of carbonyl (C=O) groups excluding carboxylic acids is 1. The first-order chi connectivity index (χ1) is 31.4. The maximum Gasteiger partial charge on any atom is 0.455 e. The van der Waals surface area contributed by atoms with Crippen LogP contribution in [-0.2, 0) is 43.7 Å². The molecule has 2 unspecified atom stereocenters. The summed E-state index contributed by atoms with van der Waals surface area (Å²) in [7, 11) is 1.53. The zero-order valence-electron chi connectivity index (χ0n) is 35.1. The van der Waals surface area contributed by atoms with Gasteiger partial charge < -0.3 is 10.0 Å². The molecule has 0 saturated carbocycles. The first-order valence-corrected chi connectivity index (χ1v) is 21.5. The van der Waals surface area contributed by atoms with Crippen LogP contribution in [-0.4, -0.2) is 63.2 Å². The molecule has 2 N–H and O–H groups in total. The summed E-state index contributed by atoms with van der Waals surface area (Å²) in [5.41, 5.74) is -3.18. The van der Waals surface area contributed by atoms with Gasteiger partial charge in [0.15, 0.2) is 5.82 Å². The van der Waals surface area contributed by atoms with Gasteiger partial charge >= 0.3 is 12.1 Å². The molecular formula is C42H34ClF11N10O2S. The van der Waals surface area contributed by atoms with Crippen LogP contribution in [0.15, 0.2) is 59.4 Å². The van der Waals surface area contributed by atoms with E-state index in [1.807, 2.05) is 0 Å². The smallest absolute Gasteiger partial charge is 0.344 e. The second-order valence-electron chi connectivity index (χ2n) is 15.9. The average molecular weight is 987 g/mol. The maximum absolute atomic E-state index is 15.5. The van der Waals surface area contributed by atoms with E-state index in [0.717, 1.165) is 23.6 Å². The molecule has 7 aromatic rings. The van der Waals surface area contributed by atoms with Gasteiger partial charge in [0.25, 0.3) is 17.9 Å². The Bertz CT molecular complexity index is 3140. The van der Waals surface area contributed by atoms with Crippen molar-refractivity contribution in [1.29, 1.82) is 0 Å². The van der Waals surface area contributed by atoms with Crippen molar-refractivity contribution in [3.8, 4) is 16.9 Å². The molecule has 1 aliphatic carbocycles. The quantitative estimate of drug-likeness (QED) is 0.0864. The number of nitrogens with one attached hydrogen (secondary N) is 2. The summed E-state index contributed by atoms with van der Waals surface area (Å²) in [5, 5.41) is 15.1. The summed E-state index contributed by atoms with van der Waals surface area (Å²) in [6.45, 7) is -0.511. The van der Waals surface area contributed by atoms with Crippen molar-refractivity contribution in [2.24, 2.45) is 13.0 Å². The number of rotatable bonds is 13. The largest absolute Gasteiger partial charge is 0.455 e. The molecule has 4 heterocycles. The molecular weight excluding hydrogens is 953 g/mol. The van der Waals surface area contributed by atoms with Crippen LogP contribution < -0.4 is 15.6 Å². The Hall–Kier alpha value is -6.17. The van der Waals surface area contributed by atoms with Crippen LogP contribution in [0.25, 0.3) is 38.8 Å². The summed E-state index contributed by atoms with van der Waals surface area (Å²) >= 11 is 7.85. The molecule has 4 aromatic heterocycles. The van der Waals surface area contributed by atoms with Gasteiger partial charge in [-0.25, -0.2) is 22.5 Å². The number of aromatic nitrogens is 8. The lowest BCUT2D eigenvalue weighted by Crippen LogP contribution is -2.40. The zero-order chi connectivity index (χ0) is 48.7. The van der Waals surface area contributed by atoms with Crippen LogP contribution in [0.3, 0.4) is 0 Å². The molecule has 354 valence electrons. The lowest BCUT2D eigenvalue weighted by molar-refractivity contribution is -0.287. The number of fused-ring (bicyclic) bond motifs is 3. The fraction of sp³-hybridized carbons (Fsp3) is 0.333. The second kappa shape index (κ2) is 17.2. The predicted octanol–water partition coefficient (Wildman–Crippen LogP) is 9.78. The number of nitrogens with zero attached hydrogens (tertiary/aromatic N) is 8. The third kappa shape index (κ3) is 8.57. The average Bonchev–Trinajstić information content (AvgIpc) is 3.94. The standard InChI is InChI=1S/C42H34ClF11N10O2S/c1-18-9-25-33(36(46)47)58-62(35(25)41(18,50)51)16-31(65)55-29(13-20-11-22(44)15-23(45)12-20)38-56-28-14-21(27-10-19(2)63(57-27)17-40(48,49)42(52,53)54)5-6-24(28)39(66)64(38)30-8-7-26(43)32-34(30)61(3)59-37(32)60-67-4/h5-8,10-12,14-15,18,29,36H,9,13,16-17H2,1-4H3,(H,55,65)(H,59,60). The van der Waals surface area contributed by atoms with Crippen LogP contribution in [0, 0.1) is 24.5 Å². The number of anilines is 1. The minimum Gasteiger partial charge on any atom is -0.344 e. The Morgan fingerprint density at radius 1 is 0.985 bits per heavy atom. The molecule has 0 bridgehead atoms. The normalized spacial score (nSPS) is 15.5. The summed E-state index contributed by atoms with van der Waals surface area (Å²) in [6.07, 6.45) is -8.45. The molecule has 67 heavy (non-hydrogen) atoms. The molecule has 2 atom stereocenters. The topological polar surface area (TPSA) is 129 Å². The van der Waals surface area contributed by atoms with Crippen molar-refractivity contribution in [2.45, 2.75) is 70.3 Å². The lowest BCUT2D eigenvalue weighted by atomic mass is 10.0. The highest BCUT2D eigenvalue weighted by Gasteiger charge is 2.58. The van der Waals surface area contributed by atoms with Crippen LogP contribution in [0.5, 0.6) is 0 Å². The van der Waals surface area contributed by atoms with E-state index in [9.17, 15) is 44.3 Å². The molecule has 12 nitrogen and oxygen atoms in total. The number of benzene rings is 3. The van der Waals surface area contributed by atoms with Crippen molar-refractivity contribution in [1.82, 2.24) is 44.2 Å². The van der Waals surface area contributed by atoms with E-state index in [4.69, 9.17) is 16.6 Å².